The van der Waals surface area contributed by atoms with E-state index >= 15 is 0 Å². The summed E-state index contributed by atoms with van der Waals surface area (Å²) in [6.07, 6.45) is 2.77. The van der Waals surface area contributed by atoms with E-state index < -0.39 is 6.03 Å². The molecule has 0 saturated carbocycles. The van der Waals surface area contributed by atoms with Gasteiger partial charge in [-0.1, -0.05) is 0 Å². The molecule has 0 spiro atoms. The van der Waals surface area contributed by atoms with E-state index in [2.05, 4.69) is 15.5 Å². The fraction of sp³-hybridized carbons (Fsp3) is 0.818. The number of rotatable bonds is 5. The highest BCUT2D eigenvalue weighted by Crippen LogP contribution is 2.10. The van der Waals surface area contributed by atoms with E-state index in [1.807, 2.05) is 7.05 Å². The number of hydrogen-bond acceptors (Lipinski definition) is 4. The van der Waals surface area contributed by atoms with Crippen LogP contribution in [-0.4, -0.2) is 50.1 Å². The van der Waals surface area contributed by atoms with Crippen LogP contribution in [-0.2, 0) is 4.79 Å². The second kappa shape index (κ2) is 7.24. The van der Waals surface area contributed by atoms with Crippen LogP contribution in [0, 0.1) is 5.92 Å². The molecule has 4 N–H and O–H groups in total. The third kappa shape index (κ3) is 6.23. The Labute approximate surface area is 102 Å². The van der Waals surface area contributed by atoms with Crippen LogP contribution in [0.1, 0.15) is 19.3 Å². The zero-order valence-corrected chi connectivity index (χ0v) is 10.4. The Hall–Kier alpha value is -1.14. The van der Waals surface area contributed by atoms with E-state index in [9.17, 15) is 9.59 Å². The van der Waals surface area contributed by atoms with E-state index in [4.69, 9.17) is 5.73 Å². The lowest BCUT2D eigenvalue weighted by Crippen LogP contribution is -2.39. The lowest BCUT2D eigenvalue weighted by Gasteiger charge is -2.27. The first-order valence-corrected chi connectivity index (χ1v) is 6.06. The second-order valence-corrected chi connectivity index (χ2v) is 4.64. The summed E-state index contributed by atoms with van der Waals surface area (Å²) in [6.45, 7) is 3.80. The van der Waals surface area contributed by atoms with Gasteiger partial charge in [-0.25, -0.2) is 4.79 Å². The summed E-state index contributed by atoms with van der Waals surface area (Å²) < 4.78 is 0. The van der Waals surface area contributed by atoms with E-state index in [1.54, 1.807) is 0 Å². The number of primary amides is 1. The average molecular weight is 242 g/mol. The van der Waals surface area contributed by atoms with Crippen molar-refractivity contribution in [3.05, 3.63) is 0 Å². The van der Waals surface area contributed by atoms with Crippen LogP contribution < -0.4 is 16.4 Å². The number of nitrogens with two attached hydrogens (primary N) is 1. The molecule has 17 heavy (non-hydrogen) atoms. The largest absolute Gasteiger partial charge is 0.351 e. The van der Waals surface area contributed by atoms with Crippen LogP contribution in [0.15, 0.2) is 0 Å². The van der Waals surface area contributed by atoms with Gasteiger partial charge >= 0.3 is 6.03 Å². The van der Waals surface area contributed by atoms with Crippen LogP contribution >= 0.6 is 0 Å². The molecule has 0 aliphatic carbocycles. The quantitative estimate of drug-likeness (QED) is 0.606. The molecule has 0 aromatic carbocycles. The third-order valence-electron chi connectivity index (χ3n) is 2.95. The highest BCUT2D eigenvalue weighted by Gasteiger charge is 2.15. The zero-order chi connectivity index (χ0) is 12.7. The lowest BCUT2D eigenvalue weighted by molar-refractivity contribution is -0.120. The van der Waals surface area contributed by atoms with E-state index in [1.165, 1.54) is 12.8 Å². The van der Waals surface area contributed by atoms with Crippen LogP contribution in [0.3, 0.4) is 0 Å². The van der Waals surface area contributed by atoms with E-state index in [0.29, 0.717) is 18.9 Å². The standard InChI is InChI=1S/C11H22N4O2/c1-15(6-4-10(16)14-11(12)17)8-9-3-2-5-13-7-9/h9,13H,2-8H2,1H3,(H3,12,14,16,17). The number of amides is 3. The van der Waals surface area contributed by atoms with Gasteiger partial charge in [0.15, 0.2) is 0 Å². The number of carbonyl (C=O) groups excluding carboxylic acids is 2. The van der Waals surface area contributed by atoms with E-state index in [0.717, 1.165) is 19.6 Å². The minimum Gasteiger partial charge on any atom is -0.351 e. The van der Waals surface area contributed by atoms with Crippen molar-refractivity contribution in [2.45, 2.75) is 19.3 Å². The van der Waals surface area contributed by atoms with E-state index in [-0.39, 0.29) is 5.91 Å². The van der Waals surface area contributed by atoms with Gasteiger partial charge in [-0.3, -0.25) is 10.1 Å². The van der Waals surface area contributed by atoms with Gasteiger partial charge < -0.3 is 16.0 Å². The van der Waals surface area contributed by atoms with Gasteiger partial charge in [0, 0.05) is 19.5 Å². The summed E-state index contributed by atoms with van der Waals surface area (Å²) in [5.41, 5.74) is 4.86. The van der Waals surface area contributed by atoms with Crippen LogP contribution in [0.5, 0.6) is 0 Å². The Balaban J connectivity index is 2.13. The summed E-state index contributed by atoms with van der Waals surface area (Å²) >= 11 is 0. The zero-order valence-electron chi connectivity index (χ0n) is 10.4. The fourth-order valence-corrected chi connectivity index (χ4v) is 2.10. The van der Waals surface area contributed by atoms with Crippen molar-refractivity contribution < 1.29 is 9.59 Å². The van der Waals surface area contributed by atoms with Crippen molar-refractivity contribution in [3.63, 3.8) is 0 Å². The highest BCUT2D eigenvalue weighted by atomic mass is 16.2. The van der Waals surface area contributed by atoms with Crippen molar-refractivity contribution in [3.8, 4) is 0 Å². The van der Waals surface area contributed by atoms with Gasteiger partial charge in [-0.15, -0.1) is 0 Å². The third-order valence-corrected chi connectivity index (χ3v) is 2.95. The van der Waals surface area contributed by atoms with Crippen LogP contribution in [0.4, 0.5) is 4.79 Å². The minimum atomic E-state index is -0.783. The normalized spacial score (nSPS) is 20.2. The molecule has 1 heterocycles. The average Bonchev–Trinajstić information content (AvgIpc) is 2.27. The number of piperidine rings is 1. The van der Waals surface area contributed by atoms with Crippen molar-refractivity contribution in [1.29, 1.82) is 0 Å². The van der Waals surface area contributed by atoms with Gasteiger partial charge in [0.25, 0.3) is 0 Å². The predicted octanol–water partition coefficient (Wildman–Crippen LogP) is -0.497. The summed E-state index contributed by atoms with van der Waals surface area (Å²) in [7, 11) is 1.99. The summed E-state index contributed by atoms with van der Waals surface area (Å²) in [5, 5.41) is 5.43. The molecule has 1 rings (SSSR count). The molecular formula is C11H22N4O2. The predicted molar refractivity (Wildman–Crippen MR) is 65.4 cm³/mol. The fourth-order valence-electron chi connectivity index (χ4n) is 2.10. The molecule has 98 valence electrons. The number of hydrogen-bond donors (Lipinski definition) is 3. The minimum absolute atomic E-state index is 0.305. The molecule has 3 amide bonds. The van der Waals surface area contributed by atoms with Gasteiger partial charge in [0.05, 0.1) is 0 Å². The summed E-state index contributed by atoms with van der Waals surface area (Å²) in [5.74, 6) is 0.346. The van der Waals surface area contributed by atoms with Crippen molar-refractivity contribution >= 4 is 11.9 Å². The van der Waals surface area contributed by atoms with Crippen molar-refractivity contribution in [2.75, 3.05) is 33.2 Å². The Morgan fingerprint density at radius 1 is 1.53 bits per heavy atom. The maximum absolute atomic E-state index is 11.2. The summed E-state index contributed by atoms with van der Waals surface area (Å²) in [4.78, 5) is 23.8. The molecule has 1 atom stereocenters. The number of carbonyl (C=O) groups is 2. The second-order valence-electron chi connectivity index (χ2n) is 4.64. The molecule has 0 radical (unpaired) electrons. The smallest absolute Gasteiger partial charge is 0.318 e. The molecule has 1 unspecified atom stereocenters. The molecule has 6 nitrogen and oxygen atoms in total. The lowest BCUT2D eigenvalue weighted by atomic mass is 9.99. The number of urea groups is 1. The molecule has 6 heteroatoms. The molecule has 1 saturated heterocycles. The van der Waals surface area contributed by atoms with Gasteiger partial charge in [-0.05, 0) is 38.9 Å². The Morgan fingerprint density at radius 2 is 2.29 bits per heavy atom. The molecule has 1 aliphatic heterocycles. The molecule has 1 fully saturated rings. The number of nitrogens with zero attached hydrogens (tertiary/aromatic N) is 1. The molecule has 0 aromatic rings. The van der Waals surface area contributed by atoms with Crippen LogP contribution in [0.25, 0.3) is 0 Å². The molecular weight excluding hydrogens is 220 g/mol. The first-order valence-electron chi connectivity index (χ1n) is 6.06. The monoisotopic (exact) mass is 242 g/mol. The Kier molecular flexibility index (Phi) is 5.93. The van der Waals surface area contributed by atoms with Gasteiger partial charge in [0.1, 0.15) is 0 Å². The first kappa shape index (κ1) is 13.9. The molecule has 0 aromatic heterocycles. The topological polar surface area (TPSA) is 87.5 Å². The van der Waals surface area contributed by atoms with Gasteiger partial charge in [0.2, 0.25) is 5.91 Å². The number of imide groups is 1. The van der Waals surface area contributed by atoms with Crippen molar-refractivity contribution in [1.82, 2.24) is 15.5 Å². The van der Waals surface area contributed by atoms with Gasteiger partial charge in [-0.2, -0.15) is 0 Å². The number of nitrogens with one attached hydrogen (secondary N) is 2. The Bertz CT molecular complexity index is 264. The summed E-state index contributed by atoms with van der Waals surface area (Å²) in [6, 6.07) is -0.783. The maximum Gasteiger partial charge on any atom is 0.318 e. The molecule has 0 bridgehead atoms. The van der Waals surface area contributed by atoms with Crippen LogP contribution in [0.2, 0.25) is 0 Å². The van der Waals surface area contributed by atoms with Crippen molar-refractivity contribution in [2.24, 2.45) is 11.7 Å². The molecule has 1 aliphatic rings. The maximum atomic E-state index is 11.2. The highest BCUT2D eigenvalue weighted by molar-refractivity contribution is 5.93. The SMILES string of the molecule is CN(CCC(=O)NC(N)=O)CC1CCCNC1. The Morgan fingerprint density at radius 3 is 2.88 bits per heavy atom. The first-order chi connectivity index (χ1) is 8.08.